The molecule has 0 aromatic carbocycles. The van der Waals surface area contributed by atoms with Crippen LogP contribution in [0.25, 0.3) is 0 Å². The predicted octanol–water partition coefficient (Wildman–Crippen LogP) is 1.39. The Labute approximate surface area is 51.5 Å². The molecule has 1 aliphatic rings. The van der Waals surface area contributed by atoms with Crippen LogP contribution in [0.15, 0.2) is 0 Å². The summed E-state index contributed by atoms with van der Waals surface area (Å²) in [5.74, 6) is 0.775. The minimum Gasteiger partial charge on any atom is -0.305 e. The Kier molecular flexibility index (Phi) is 1.12. The van der Waals surface area contributed by atoms with Crippen LogP contribution in [0.3, 0.4) is 0 Å². The van der Waals surface area contributed by atoms with Crippen molar-refractivity contribution >= 4 is 0 Å². The van der Waals surface area contributed by atoms with E-state index in [9.17, 15) is 0 Å². The summed E-state index contributed by atoms with van der Waals surface area (Å²) in [4.78, 5) is 0. The second-order valence-electron chi connectivity index (χ2n) is 3.30. The molecule has 0 aliphatic carbocycles. The second-order valence-corrected chi connectivity index (χ2v) is 3.30. The summed E-state index contributed by atoms with van der Waals surface area (Å²) in [5.41, 5.74) is 0.458. The van der Waals surface area contributed by atoms with Gasteiger partial charge in [-0.15, -0.1) is 0 Å². The van der Waals surface area contributed by atoms with Crippen LogP contribution in [0.4, 0.5) is 0 Å². The molecule has 1 rings (SSSR count). The van der Waals surface area contributed by atoms with E-state index in [1.54, 1.807) is 0 Å². The van der Waals surface area contributed by atoms with Gasteiger partial charge in [-0.2, -0.15) is 0 Å². The normalized spacial score (nSPS) is 45.4. The van der Waals surface area contributed by atoms with Crippen LogP contribution in [-0.4, -0.2) is 11.6 Å². The fraction of sp³-hybridized carbons (Fsp3) is 1.00. The average Bonchev–Trinajstić information content (AvgIpc) is 2.17. The molecule has 1 aliphatic heterocycles. The fourth-order valence-corrected chi connectivity index (χ4v) is 1.09. The van der Waals surface area contributed by atoms with Gasteiger partial charge in [0.05, 0.1) is 0 Å². The molecule has 1 heteroatoms. The molecule has 1 saturated heterocycles. The molecule has 1 fully saturated rings. The van der Waals surface area contributed by atoms with Crippen LogP contribution in [0.2, 0.25) is 0 Å². The Bertz CT molecular complexity index is 98.6. The first-order valence-corrected chi connectivity index (χ1v) is 3.35. The highest BCUT2D eigenvalue weighted by molar-refractivity contribution is 5.10. The molecule has 0 bridgehead atoms. The number of nitrogens with one attached hydrogen (secondary N) is 1. The Morgan fingerprint density at radius 2 is 1.88 bits per heavy atom. The highest BCUT2D eigenvalue weighted by Crippen LogP contribution is 2.32. The largest absolute Gasteiger partial charge is 0.305 e. The van der Waals surface area contributed by atoms with Gasteiger partial charge in [0.25, 0.3) is 0 Å². The van der Waals surface area contributed by atoms with Crippen LogP contribution in [0, 0.1) is 5.92 Å². The summed E-state index contributed by atoms with van der Waals surface area (Å²) in [5, 5.41) is 3.41. The number of hydrogen-bond donors (Lipinski definition) is 1. The van der Waals surface area contributed by atoms with E-state index in [2.05, 4.69) is 33.0 Å². The van der Waals surface area contributed by atoms with Crippen molar-refractivity contribution in [3.63, 3.8) is 0 Å². The zero-order valence-corrected chi connectivity index (χ0v) is 6.15. The molecule has 48 valence electrons. The van der Waals surface area contributed by atoms with Crippen LogP contribution >= 0.6 is 0 Å². The van der Waals surface area contributed by atoms with E-state index in [1.165, 1.54) is 0 Å². The van der Waals surface area contributed by atoms with E-state index in [-0.39, 0.29) is 0 Å². The molecular weight excluding hydrogens is 98.1 g/mol. The van der Waals surface area contributed by atoms with E-state index in [1.807, 2.05) is 0 Å². The lowest BCUT2D eigenvalue weighted by molar-refractivity contribution is 0.476. The van der Waals surface area contributed by atoms with Crippen LogP contribution in [0.5, 0.6) is 0 Å². The molecular formula is C7H15N. The summed E-state index contributed by atoms with van der Waals surface area (Å²) >= 11 is 0. The molecule has 1 heterocycles. The van der Waals surface area contributed by atoms with Crippen molar-refractivity contribution in [2.75, 3.05) is 0 Å². The first-order valence-electron chi connectivity index (χ1n) is 3.35. The van der Waals surface area contributed by atoms with Gasteiger partial charge >= 0.3 is 0 Å². The van der Waals surface area contributed by atoms with Gasteiger partial charge < -0.3 is 5.32 Å². The van der Waals surface area contributed by atoms with Crippen molar-refractivity contribution in [2.24, 2.45) is 5.92 Å². The van der Waals surface area contributed by atoms with E-state index >= 15 is 0 Å². The maximum atomic E-state index is 3.41. The lowest BCUT2D eigenvalue weighted by Gasteiger charge is -2.10. The summed E-state index contributed by atoms with van der Waals surface area (Å²) < 4.78 is 0. The van der Waals surface area contributed by atoms with Crippen LogP contribution < -0.4 is 5.32 Å². The monoisotopic (exact) mass is 113 g/mol. The Morgan fingerprint density at radius 1 is 1.50 bits per heavy atom. The van der Waals surface area contributed by atoms with E-state index in [0.29, 0.717) is 5.54 Å². The maximum absolute atomic E-state index is 3.41. The van der Waals surface area contributed by atoms with Gasteiger partial charge in [-0.1, -0.05) is 13.8 Å². The summed E-state index contributed by atoms with van der Waals surface area (Å²) in [7, 11) is 0. The molecule has 0 aromatic heterocycles. The second kappa shape index (κ2) is 1.47. The topological polar surface area (TPSA) is 21.9 Å². The minimum atomic E-state index is 0.458. The van der Waals surface area contributed by atoms with Crippen molar-refractivity contribution in [1.29, 1.82) is 0 Å². The molecule has 0 amide bonds. The maximum Gasteiger partial charge on any atom is 0.0330 e. The van der Waals surface area contributed by atoms with Crippen LogP contribution in [-0.2, 0) is 0 Å². The minimum absolute atomic E-state index is 0.458. The third-order valence-electron chi connectivity index (χ3n) is 2.54. The van der Waals surface area contributed by atoms with E-state index < -0.39 is 0 Å². The molecule has 0 radical (unpaired) electrons. The first kappa shape index (κ1) is 6.09. The molecule has 0 aromatic rings. The number of hydrogen-bond acceptors (Lipinski definition) is 1. The van der Waals surface area contributed by atoms with Gasteiger partial charge in [0, 0.05) is 11.6 Å². The van der Waals surface area contributed by atoms with Crippen molar-refractivity contribution in [3.05, 3.63) is 0 Å². The van der Waals surface area contributed by atoms with Gasteiger partial charge in [0.15, 0.2) is 0 Å². The van der Waals surface area contributed by atoms with Gasteiger partial charge in [0.2, 0.25) is 0 Å². The zero-order chi connectivity index (χ0) is 6.36. The van der Waals surface area contributed by atoms with Gasteiger partial charge in [0.1, 0.15) is 0 Å². The highest BCUT2D eigenvalue weighted by Gasteiger charge is 2.47. The van der Waals surface area contributed by atoms with E-state index in [4.69, 9.17) is 0 Å². The molecule has 0 saturated carbocycles. The van der Waals surface area contributed by atoms with Gasteiger partial charge in [-0.05, 0) is 19.8 Å². The Morgan fingerprint density at radius 3 is 1.88 bits per heavy atom. The number of rotatable bonds is 1. The fourth-order valence-electron chi connectivity index (χ4n) is 1.09. The van der Waals surface area contributed by atoms with Crippen LogP contribution in [0.1, 0.15) is 27.7 Å². The van der Waals surface area contributed by atoms with Gasteiger partial charge in [-0.3, -0.25) is 0 Å². The summed E-state index contributed by atoms with van der Waals surface area (Å²) in [6.07, 6.45) is 0. The smallest absolute Gasteiger partial charge is 0.0330 e. The molecule has 2 atom stereocenters. The summed E-state index contributed by atoms with van der Waals surface area (Å²) in [6, 6.07) is 0.738. The lowest BCUT2D eigenvalue weighted by Crippen LogP contribution is -2.18. The van der Waals surface area contributed by atoms with Crippen molar-refractivity contribution in [3.8, 4) is 0 Å². The zero-order valence-electron chi connectivity index (χ0n) is 6.15. The quantitative estimate of drug-likeness (QED) is 0.510. The molecule has 2 unspecified atom stereocenters. The van der Waals surface area contributed by atoms with Crippen molar-refractivity contribution < 1.29 is 0 Å². The molecule has 1 nitrogen and oxygen atoms in total. The third kappa shape index (κ3) is 0.655. The van der Waals surface area contributed by atoms with E-state index in [0.717, 1.165) is 12.0 Å². The lowest BCUT2D eigenvalue weighted by atomic mass is 9.95. The first-order chi connectivity index (χ1) is 3.57. The summed E-state index contributed by atoms with van der Waals surface area (Å²) in [6.45, 7) is 9.04. The highest BCUT2D eigenvalue weighted by atomic mass is 15.2. The van der Waals surface area contributed by atoms with Gasteiger partial charge in [-0.25, -0.2) is 0 Å². The molecule has 1 N–H and O–H groups in total. The SMILES string of the molecule is CC(C)C1(C)NC1C. The molecule has 8 heavy (non-hydrogen) atoms. The average molecular weight is 113 g/mol. The predicted molar refractivity (Wildman–Crippen MR) is 35.8 cm³/mol. The standard InChI is InChI=1S/C7H15N/c1-5(2)7(4)6(3)8-7/h5-6,8H,1-4H3. The molecule has 0 spiro atoms. The van der Waals surface area contributed by atoms with Crippen molar-refractivity contribution in [2.45, 2.75) is 39.3 Å². The Hall–Kier alpha value is -0.0400. The third-order valence-corrected chi connectivity index (χ3v) is 2.54. The van der Waals surface area contributed by atoms with Crippen molar-refractivity contribution in [1.82, 2.24) is 5.32 Å². The Balaban J connectivity index is 2.47.